The molecule has 1 aromatic rings. The zero-order valence-electron chi connectivity index (χ0n) is 10.1. The summed E-state index contributed by atoms with van der Waals surface area (Å²) >= 11 is 0. The average Bonchev–Trinajstić information content (AvgIpc) is 2.33. The summed E-state index contributed by atoms with van der Waals surface area (Å²) in [6, 6.07) is 1.52. The summed E-state index contributed by atoms with van der Waals surface area (Å²) in [6.07, 6.45) is -4.78. The third kappa shape index (κ3) is 4.52. The highest BCUT2D eigenvalue weighted by atomic mass is 19.4. The molecule has 20 heavy (non-hydrogen) atoms. The van der Waals surface area contributed by atoms with E-state index in [4.69, 9.17) is 5.11 Å². The van der Waals surface area contributed by atoms with Gasteiger partial charge < -0.3 is 10.4 Å². The predicted molar refractivity (Wildman–Crippen MR) is 60.6 cm³/mol. The number of nitrogens with one attached hydrogen (secondary N) is 1. The summed E-state index contributed by atoms with van der Waals surface area (Å²) in [4.78, 5) is 21.7. The molecule has 0 heterocycles. The van der Waals surface area contributed by atoms with Crippen molar-refractivity contribution < 1.29 is 32.3 Å². The van der Waals surface area contributed by atoms with Crippen molar-refractivity contribution in [1.82, 2.24) is 5.32 Å². The van der Waals surface area contributed by atoms with Gasteiger partial charge in [-0.05, 0) is 24.6 Å². The molecule has 110 valence electrons. The van der Waals surface area contributed by atoms with Crippen molar-refractivity contribution in [1.29, 1.82) is 0 Å². The highest BCUT2D eigenvalue weighted by Crippen LogP contribution is 2.30. The molecule has 0 fully saturated rings. The second-order valence-electron chi connectivity index (χ2n) is 3.95. The molecule has 2 N–H and O–H groups in total. The van der Waals surface area contributed by atoms with Crippen LogP contribution in [0.15, 0.2) is 18.2 Å². The second kappa shape index (κ2) is 6.36. The number of amides is 1. The van der Waals surface area contributed by atoms with Gasteiger partial charge in [-0.1, -0.05) is 0 Å². The molecule has 0 atom stereocenters. The number of rotatable bonds is 5. The Balaban J connectivity index is 2.74. The standard InChI is InChI=1S/C12H11F4NO3/c13-9-4-3-7(12(14,15)16)6-8(9)11(20)17-5-1-2-10(18)19/h3-4,6H,1-2,5H2,(H,17,20)(H,18,19). The Hall–Kier alpha value is -2.12. The Bertz CT molecular complexity index is 514. The molecule has 0 bridgehead atoms. The maximum atomic E-state index is 13.3. The molecule has 1 rings (SSSR count). The maximum absolute atomic E-state index is 13.3. The molecule has 0 saturated carbocycles. The number of halogens is 4. The zero-order valence-corrected chi connectivity index (χ0v) is 10.1. The second-order valence-corrected chi connectivity index (χ2v) is 3.95. The Labute approximate surface area is 111 Å². The van der Waals surface area contributed by atoms with Gasteiger partial charge in [0.25, 0.3) is 5.91 Å². The molecule has 0 aliphatic carbocycles. The number of carbonyl (C=O) groups excluding carboxylic acids is 1. The number of aliphatic carboxylic acids is 1. The van der Waals surface area contributed by atoms with Crippen LogP contribution in [0.4, 0.5) is 17.6 Å². The van der Waals surface area contributed by atoms with Crippen molar-refractivity contribution in [2.45, 2.75) is 19.0 Å². The van der Waals surface area contributed by atoms with Crippen LogP contribution in [-0.4, -0.2) is 23.5 Å². The number of carbonyl (C=O) groups is 2. The summed E-state index contributed by atoms with van der Waals surface area (Å²) in [6.45, 7) is -0.0686. The van der Waals surface area contributed by atoms with Crippen molar-refractivity contribution in [3.05, 3.63) is 35.1 Å². The van der Waals surface area contributed by atoms with E-state index in [2.05, 4.69) is 5.32 Å². The van der Waals surface area contributed by atoms with E-state index in [9.17, 15) is 27.2 Å². The van der Waals surface area contributed by atoms with E-state index < -0.39 is 35.0 Å². The summed E-state index contributed by atoms with van der Waals surface area (Å²) in [5.74, 6) is -3.16. The highest BCUT2D eigenvalue weighted by molar-refractivity contribution is 5.94. The normalized spacial score (nSPS) is 11.2. The molecular formula is C12H11F4NO3. The molecule has 0 aliphatic heterocycles. The molecule has 0 aliphatic rings. The number of hydrogen-bond acceptors (Lipinski definition) is 2. The average molecular weight is 293 g/mol. The summed E-state index contributed by atoms with van der Waals surface area (Å²) in [7, 11) is 0. The van der Waals surface area contributed by atoms with Crippen molar-refractivity contribution >= 4 is 11.9 Å². The first-order valence-corrected chi connectivity index (χ1v) is 5.58. The molecule has 1 aromatic carbocycles. The number of benzene rings is 1. The van der Waals surface area contributed by atoms with Crippen molar-refractivity contribution in [2.75, 3.05) is 6.54 Å². The van der Waals surface area contributed by atoms with Gasteiger partial charge in [-0.25, -0.2) is 4.39 Å². The van der Waals surface area contributed by atoms with E-state index in [1.165, 1.54) is 0 Å². The maximum Gasteiger partial charge on any atom is 0.416 e. The quantitative estimate of drug-likeness (QED) is 0.647. The lowest BCUT2D eigenvalue weighted by molar-refractivity contribution is -0.138. The van der Waals surface area contributed by atoms with E-state index in [1.54, 1.807) is 0 Å². The molecule has 0 radical (unpaired) electrons. The number of carboxylic acids is 1. The minimum atomic E-state index is -4.67. The summed E-state index contributed by atoms with van der Waals surface area (Å²) in [5, 5.41) is 10.5. The van der Waals surface area contributed by atoms with Crippen molar-refractivity contribution in [2.24, 2.45) is 0 Å². The molecule has 4 nitrogen and oxygen atoms in total. The largest absolute Gasteiger partial charge is 0.481 e. The van der Waals surface area contributed by atoms with Gasteiger partial charge in [0, 0.05) is 13.0 Å². The summed E-state index contributed by atoms with van der Waals surface area (Å²) < 4.78 is 50.6. The fraction of sp³-hybridized carbons (Fsp3) is 0.333. The van der Waals surface area contributed by atoms with Gasteiger partial charge in [0.05, 0.1) is 11.1 Å². The third-order valence-electron chi connectivity index (χ3n) is 2.39. The summed E-state index contributed by atoms with van der Waals surface area (Å²) in [5.41, 5.74) is -1.86. The molecular weight excluding hydrogens is 282 g/mol. The van der Waals surface area contributed by atoms with Gasteiger partial charge in [-0.3, -0.25) is 9.59 Å². The fourth-order valence-corrected chi connectivity index (χ4v) is 1.41. The van der Waals surface area contributed by atoms with Crippen molar-refractivity contribution in [3.8, 4) is 0 Å². The highest BCUT2D eigenvalue weighted by Gasteiger charge is 2.31. The first-order chi connectivity index (χ1) is 9.21. The third-order valence-corrected chi connectivity index (χ3v) is 2.39. The van der Waals surface area contributed by atoms with Crippen molar-refractivity contribution in [3.63, 3.8) is 0 Å². The molecule has 0 spiro atoms. The lowest BCUT2D eigenvalue weighted by Crippen LogP contribution is -2.26. The Morgan fingerprint density at radius 1 is 1.25 bits per heavy atom. The van der Waals surface area contributed by atoms with Gasteiger partial charge in [0.1, 0.15) is 5.82 Å². The van der Waals surface area contributed by atoms with Crippen LogP contribution in [0.3, 0.4) is 0 Å². The Morgan fingerprint density at radius 2 is 1.90 bits per heavy atom. The molecule has 0 unspecified atom stereocenters. The topological polar surface area (TPSA) is 66.4 Å². The van der Waals surface area contributed by atoms with Crippen LogP contribution in [0.25, 0.3) is 0 Å². The van der Waals surface area contributed by atoms with Crippen LogP contribution < -0.4 is 5.32 Å². The Morgan fingerprint density at radius 3 is 2.45 bits per heavy atom. The first-order valence-electron chi connectivity index (χ1n) is 5.58. The van der Waals surface area contributed by atoms with Gasteiger partial charge in [0.2, 0.25) is 0 Å². The number of carboxylic acid groups (broad SMARTS) is 1. The van der Waals surface area contributed by atoms with Crippen LogP contribution in [0, 0.1) is 5.82 Å². The van der Waals surface area contributed by atoms with Crippen LogP contribution >= 0.6 is 0 Å². The van der Waals surface area contributed by atoms with Gasteiger partial charge >= 0.3 is 12.1 Å². The minimum Gasteiger partial charge on any atom is -0.481 e. The molecule has 0 aromatic heterocycles. The fourth-order valence-electron chi connectivity index (χ4n) is 1.41. The van der Waals surface area contributed by atoms with Crippen LogP contribution in [0.5, 0.6) is 0 Å². The van der Waals surface area contributed by atoms with Gasteiger partial charge in [0.15, 0.2) is 0 Å². The molecule has 1 amide bonds. The number of hydrogen-bond donors (Lipinski definition) is 2. The van der Waals surface area contributed by atoms with E-state index in [1.807, 2.05) is 0 Å². The smallest absolute Gasteiger partial charge is 0.416 e. The van der Waals surface area contributed by atoms with Crippen LogP contribution in [-0.2, 0) is 11.0 Å². The molecule has 8 heteroatoms. The number of alkyl halides is 3. The van der Waals surface area contributed by atoms with E-state index in [0.717, 1.165) is 0 Å². The van der Waals surface area contributed by atoms with E-state index in [0.29, 0.717) is 18.2 Å². The Kier molecular flexibility index (Phi) is 5.06. The first kappa shape index (κ1) is 15.9. The van der Waals surface area contributed by atoms with E-state index in [-0.39, 0.29) is 19.4 Å². The minimum absolute atomic E-state index is 0.0686. The van der Waals surface area contributed by atoms with E-state index >= 15 is 0 Å². The van der Waals surface area contributed by atoms with Crippen LogP contribution in [0.1, 0.15) is 28.8 Å². The van der Waals surface area contributed by atoms with Gasteiger partial charge in [-0.2, -0.15) is 13.2 Å². The predicted octanol–water partition coefficient (Wildman–Crippen LogP) is 2.44. The lowest BCUT2D eigenvalue weighted by atomic mass is 10.1. The molecule has 0 saturated heterocycles. The monoisotopic (exact) mass is 293 g/mol. The zero-order chi connectivity index (χ0) is 15.3. The van der Waals surface area contributed by atoms with Gasteiger partial charge in [-0.15, -0.1) is 0 Å². The van der Waals surface area contributed by atoms with Crippen LogP contribution in [0.2, 0.25) is 0 Å². The lowest BCUT2D eigenvalue weighted by Gasteiger charge is -2.10. The SMILES string of the molecule is O=C(O)CCCNC(=O)c1cc(C(F)(F)F)ccc1F.